The number of hydrogen-bond acceptors (Lipinski definition) is 3. The van der Waals surface area contributed by atoms with Crippen molar-refractivity contribution in [3.63, 3.8) is 0 Å². The number of benzene rings is 1. The van der Waals surface area contributed by atoms with E-state index in [0.29, 0.717) is 4.99 Å². The van der Waals surface area contributed by atoms with Crippen molar-refractivity contribution in [1.29, 1.82) is 0 Å². The molecule has 4 heteroatoms. The molecule has 2 nitrogen and oxygen atoms in total. The Hall–Kier alpha value is -0.740. The van der Waals surface area contributed by atoms with Crippen LogP contribution in [0.15, 0.2) is 18.2 Å². The van der Waals surface area contributed by atoms with E-state index < -0.39 is 0 Å². The van der Waals surface area contributed by atoms with Crippen LogP contribution in [0.4, 0.5) is 5.69 Å². The van der Waals surface area contributed by atoms with Gasteiger partial charge in [0.05, 0.1) is 0 Å². The summed E-state index contributed by atoms with van der Waals surface area (Å²) in [4.78, 5) is 2.90. The van der Waals surface area contributed by atoms with Gasteiger partial charge in [-0.3, -0.25) is 0 Å². The fourth-order valence-corrected chi connectivity index (χ4v) is 3.13. The number of thiocarbonyl (C=S) groups is 1. The molecular weight excluding hydrogens is 236 g/mol. The molecule has 2 N–H and O–H groups in total. The molecule has 0 aromatic heterocycles. The second-order valence-electron chi connectivity index (χ2n) is 3.93. The quantitative estimate of drug-likeness (QED) is 0.817. The SMILES string of the molecule is Cc1cccc(C(N)=S)c1N1CCSCC1. The first-order chi connectivity index (χ1) is 7.70. The summed E-state index contributed by atoms with van der Waals surface area (Å²) in [6.45, 7) is 4.30. The van der Waals surface area contributed by atoms with Crippen molar-refractivity contribution >= 4 is 34.7 Å². The van der Waals surface area contributed by atoms with Gasteiger partial charge in [-0.1, -0.05) is 24.4 Å². The molecule has 1 fully saturated rings. The van der Waals surface area contributed by atoms with E-state index in [-0.39, 0.29) is 0 Å². The van der Waals surface area contributed by atoms with E-state index in [4.69, 9.17) is 18.0 Å². The lowest BCUT2D eigenvalue weighted by Crippen LogP contribution is -2.34. The minimum Gasteiger partial charge on any atom is -0.389 e. The van der Waals surface area contributed by atoms with Gasteiger partial charge in [-0.2, -0.15) is 11.8 Å². The fraction of sp³-hybridized carbons (Fsp3) is 0.417. The monoisotopic (exact) mass is 252 g/mol. The minimum absolute atomic E-state index is 0.497. The van der Waals surface area contributed by atoms with Gasteiger partial charge in [0.1, 0.15) is 4.99 Å². The molecule has 2 rings (SSSR count). The zero-order valence-electron chi connectivity index (χ0n) is 9.40. The van der Waals surface area contributed by atoms with Gasteiger partial charge in [-0.05, 0) is 18.6 Å². The molecule has 0 spiro atoms. The van der Waals surface area contributed by atoms with Gasteiger partial charge in [0, 0.05) is 35.8 Å². The summed E-state index contributed by atoms with van der Waals surface area (Å²) >= 11 is 7.13. The molecule has 0 saturated carbocycles. The van der Waals surface area contributed by atoms with E-state index in [2.05, 4.69) is 17.9 Å². The highest BCUT2D eigenvalue weighted by atomic mass is 32.2. The predicted molar refractivity (Wildman–Crippen MR) is 76.6 cm³/mol. The highest BCUT2D eigenvalue weighted by molar-refractivity contribution is 7.99. The zero-order chi connectivity index (χ0) is 11.5. The number of rotatable bonds is 2. The Morgan fingerprint density at radius 2 is 2.06 bits per heavy atom. The van der Waals surface area contributed by atoms with Gasteiger partial charge in [-0.25, -0.2) is 0 Å². The van der Waals surface area contributed by atoms with Crippen LogP contribution in [0.1, 0.15) is 11.1 Å². The first-order valence-electron chi connectivity index (χ1n) is 5.42. The second kappa shape index (κ2) is 5.06. The maximum absolute atomic E-state index is 5.79. The highest BCUT2D eigenvalue weighted by Crippen LogP contribution is 2.27. The predicted octanol–water partition coefficient (Wildman–Crippen LogP) is 2.18. The number of para-hydroxylation sites is 1. The van der Waals surface area contributed by atoms with Gasteiger partial charge in [-0.15, -0.1) is 0 Å². The lowest BCUT2D eigenvalue weighted by molar-refractivity contribution is 0.853. The average Bonchev–Trinajstić information content (AvgIpc) is 2.29. The van der Waals surface area contributed by atoms with Crippen LogP contribution in [0.5, 0.6) is 0 Å². The lowest BCUT2D eigenvalue weighted by atomic mass is 10.1. The summed E-state index contributed by atoms with van der Waals surface area (Å²) < 4.78 is 0. The topological polar surface area (TPSA) is 29.3 Å². The Labute approximate surface area is 106 Å². The molecule has 0 atom stereocenters. The normalized spacial score (nSPS) is 16.2. The molecule has 16 heavy (non-hydrogen) atoms. The summed E-state index contributed by atoms with van der Waals surface area (Å²) in [5, 5.41) is 0. The van der Waals surface area contributed by atoms with Crippen molar-refractivity contribution in [2.75, 3.05) is 29.5 Å². The highest BCUT2D eigenvalue weighted by Gasteiger charge is 2.17. The van der Waals surface area contributed by atoms with Crippen molar-refractivity contribution in [2.24, 2.45) is 5.73 Å². The third-order valence-electron chi connectivity index (χ3n) is 2.83. The fourth-order valence-electron chi connectivity index (χ4n) is 2.06. The van der Waals surface area contributed by atoms with Crippen LogP contribution in [-0.2, 0) is 0 Å². The minimum atomic E-state index is 0.497. The van der Waals surface area contributed by atoms with Crippen molar-refractivity contribution in [3.8, 4) is 0 Å². The van der Waals surface area contributed by atoms with Crippen molar-refractivity contribution in [1.82, 2.24) is 0 Å². The second-order valence-corrected chi connectivity index (χ2v) is 5.60. The lowest BCUT2D eigenvalue weighted by Gasteiger charge is -2.31. The number of nitrogens with two attached hydrogens (primary N) is 1. The molecule has 0 bridgehead atoms. The summed E-state index contributed by atoms with van der Waals surface area (Å²) in [5.74, 6) is 2.37. The van der Waals surface area contributed by atoms with Gasteiger partial charge in [0.15, 0.2) is 0 Å². The van der Waals surface area contributed by atoms with E-state index in [9.17, 15) is 0 Å². The van der Waals surface area contributed by atoms with E-state index in [1.165, 1.54) is 22.8 Å². The van der Waals surface area contributed by atoms with E-state index in [0.717, 1.165) is 18.7 Å². The molecule has 1 aliphatic rings. The van der Waals surface area contributed by atoms with Crippen LogP contribution in [0.25, 0.3) is 0 Å². The summed E-state index contributed by atoms with van der Waals surface area (Å²) in [6.07, 6.45) is 0. The van der Waals surface area contributed by atoms with Gasteiger partial charge in [0.25, 0.3) is 0 Å². The number of hydrogen-bond donors (Lipinski definition) is 1. The Balaban J connectivity index is 2.40. The maximum Gasteiger partial charge on any atom is 0.106 e. The number of thioether (sulfide) groups is 1. The molecule has 0 unspecified atom stereocenters. The van der Waals surface area contributed by atoms with Crippen LogP contribution in [0, 0.1) is 6.92 Å². The average molecular weight is 252 g/mol. The third-order valence-corrected chi connectivity index (χ3v) is 3.99. The molecule has 0 aliphatic carbocycles. The summed E-state index contributed by atoms with van der Waals surface area (Å²) in [7, 11) is 0. The molecular formula is C12H16N2S2. The standard InChI is InChI=1S/C12H16N2S2/c1-9-3-2-4-10(12(13)15)11(9)14-5-7-16-8-6-14/h2-4H,5-8H2,1H3,(H2,13,15). The van der Waals surface area contributed by atoms with E-state index >= 15 is 0 Å². The first-order valence-corrected chi connectivity index (χ1v) is 6.98. The van der Waals surface area contributed by atoms with Crippen LogP contribution in [0.3, 0.4) is 0 Å². The Bertz CT molecular complexity index is 398. The molecule has 86 valence electrons. The van der Waals surface area contributed by atoms with Crippen LogP contribution < -0.4 is 10.6 Å². The number of aryl methyl sites for hydroxylation is 1. The Morgan fingerprint density at radius 1 is 1.38 bits per heavy atom. The molecule has 1 aromatic rings. The summed E-state index contributed by atoms with van der Waals surface area (Å²) in [6, 6.07) is 6.16. The largest absolute Gasteiger partial charge is 0.389 e. The number of anilines is 1. The van der Waals surface area contributed by atoms with Crippen LogP contribution in [-0.4, -0.2) is 29.6 Å². The van der Waals surface area contributed by atoms with E-state index in [1.807, 2.05) is 23.9 Å². The smallest absolute Gasteiger partial charge is 0.106 e. The molecule has 1 heterocycles. The molecule has 1 aliphatic heterocycles. The zero-order valence-corrected chi connectivity index (χ0v) is 11.0. The van der Waals surface area contributed by atoms with Gasteiger partial charge < -0.3 is 10.6 Å². The van der Waals surface area contributed by atoms with Gasteiger partial charge >= 0.3 is 0 Å². The molecule has 0 radical (unpaired) electrons. The molecule has 1 aromatic carbocycles. The number of nitrogens with zero attached hydrogens (tertiary/aromatic N) is 1. The van der Waals surface area contributed by atoms with Crippen molar-refractivity contribution in [2.45, 2.75) is 6.92 Å². The van der Waals surface area contributed by atoms with Crippen molar-refractivity contribution < 1.29 is 0 Å². The Kier molecular flexibility index (Phi) is 3.71. The summed E-state index contributed by atoms with van der Waals surface area (Å²) in [5.41, 5.74) is 9.30. The Morgan fingerprint density at radius 3 is 2.69 bits per heavy atom. The maximum atomic E-state index is 5.79. The van der Waals surface area contributed by atoms with Crippen LogP contribution in [0.2, 0.25) is 0 Å². The first kappa shape index (κ1) is 11.7. The van der Waals surface area contributed by atoms with Crippen molar-refractivity contribution in [3.05, 3.63) is 29.3 Å². The molecule has 1 saturated heterocycles. The van der Waals surface area contributed by atoms with Gasteiger partial charge in [0.2, 0.25) is 0 Å². The van der Waals surface area contributed by atoms with E-state index in [1.54, 1.807) is 0 Å². The third kappa shape index (κ3) is 2.33. The van der Waals surface area contributed by atoms with Crippen LogP contribution >= 0.6 is 24.0 Å². The molecule has 0 amide bonds.